The molecule has 0 aliphatic heterocycles. The monoisotopic (exact) mass is 248 g/mol. The van der Waals surface area contributed by atoms with Crippen LogP contribution in [0, 0.1) is 6.92 Å². The van der Waals surface area contributed by atoms with Gasteiger partial charge in [0.1, 0.15) is 0 Å². The van der Waals surface area contributed by atoms with E-state index in [9.17, 15) is 4.79 Å². The van der Waals surface area contributed by atoms with Crippen molar-refractivity contribution in [2.24, 2.45) is 0 Å². The van der Waals surface area contributed by atoms with Crippen molar-refractivity contribution in [3.05, 3.63) is 47.3 Å². The maximum absolute atomic E-state index is 11.9. The summed E-state index contributed by atoms with van der Waals surface area (Å²) in [5, 5.41) is 6.33. The van der Waals surface area contributed by atoms with Gasteiger partial charge in [-0.05, 0) is 24.6 Å². The van der Waals surface area contributed by atoms with Crippen LogP contribution in [0.1, 0.15) is 21.7 Å². The number of rotatable bonds is 3. The minimum atomic E-state index is -0.144. The first kappa shape index (κ1) is 11.7. The maximum Gasteiger partial charge on any atom is 0.251 e. The van der Waals surface area contributed by atoms with Crippen molar-refractivity contribution in [2.45, 2.75) is 18.4 Å². The summed E-state index contributed by atoms with van der Waals surface area (Å²) in [7, 11) is 0. The molecule has 0 bridgehead atoms. The van der Waals surface area contributed by atoms with Crippen LogP contribution in [0.5, 0.6) is 0 Å². The zero-order chi connectivity index (χ0) is 12.3. The molecule has 2 aromatic rings. The van der Waals surface area contributed by atoms with Crippen molar-refractivity contribution < 1.29 is 9.32 Å². The zero-order valence-corrected chi connectivity index (χ0v) is 10.2. The summed E-state index contributed by atoms with van der Waals surface area (Å²) < 4.78 is 4.89. The Labute approximate surface area is 104 Å². The van der Waals surface area contributed by atoms with E-state index in [4.69, 9.17) is 4.52 Å². The number of nitrogens with zero attached hydrogens (tertiary/aromatic N) is 1. The van der Waals surface area contributed by atoms with Crippen LogP contribution in [0.2, 0.25) is 0 Å². The standard InChI is InChI=1S/C12H12N2O2S/c1-8-2-3-10(17)6-11(8)12(15)13-7-9-4-5-14-16-9/h2-6,17H,7H2,1H3,(H,13,15). The zero-order valence-electron chi connectivity index (χ0n) is 9.30. The van der Waals surface area contributed by atoms with E-state index in [-0.39, 0.29) is 5.91 Å². The highest BCUT2D eigenvalue weighted by atomic mass is 32.1. The summed E-state index contributed by atoms with van der Waals surface area (Å²) in [6.45, 7) is 2.21. The van der Waals surface area contributed by atoms with Gasteiger partial charge in [0.05, 0.1) is 12.7 Å². The molecule has 88 valence electrons. The molecule has 0 unspecified atom stereocenters. The highest BCUT2D eigenvalue weighted by Gasteiger charge is 2.09. The molecule has 1 N–H and O–H groups in total. The fourth-order valence-electron chi connectivity index (χ4n) is 1.45. The first-order valence-electron chi connectivity index (χ1n) is 5.14. The number of carbonyl (C=O) groups is 1. The fraction of sp³-hybridized carbons (Fsp3) is 0.167. The largest absolute Gasteiger partial charge is 0.360 e. The van der Waals surface area contributed by atoms with E-state index in [0.717, 1.165) is 10.5 Å². The highest BCUT2D eigenvalue weighted by Crippen LogP contribution is 2.14. The van der Waals surface area contributed by atoms with E-state index < -0.39 is 0 Å². The van der Waals surface area contributed by atoms with Crippen LogP contribution >= 0.6 is 12.6 Å². The highest BCUT2D eigenvalue weighted by molar-refractivity contribution is 7.80. The molecule has 5 heteroatoms. The molecule has 0 saturated carbocycles. The van der Waals surface area contributed by atoms with Crippen molar-refractivity contribution in [1.82, 2.24) is 10.5 Å². The lowest BCUT2D eigenvalue weighted by molar-refractivity contribution is 0.0946. The van der Waals surface area contributed by atoms with Gasteiger partial charge >= 0.3 is 0 Å². The lowest BCUT2D eigenvalue weighted by Gasteiger charge is -2.06. The third-order valence-electron chi connectivity index (χ3n) is 2.38. The second-order valence-corrected chi connectivity index (χ2v) is 4.18. The van der Waals surface area contributed by atoms with Gasteiger partial charge < -0.3 is 9.84 Å². The fourth-order valence-corrected chi connectivity index (χ4v) is 1.65. The Hall–Kier alpha value is -1.75. The van der Waals surface area contributed by atoms with Crippen LogP contribution in [0.15, 0.2) is 39.9 Å². The van der Waals surface area contributed by atoms with E-state index in [0.29, 0.717) is 17.9 Å². The van der Waals surface area contributed by atoms with Crippen molar-refractivity contribution in [3.8, 4) is 0 Å². The Balaban J connectivity index is 2.07. The molecule has 1 amide bonds. The van der Waals surface area contributed by atoms with E-state index in [1.54, 1.807) is 18.3 Å². The molecule has 1 heterocycles. The smallest absolute Gasteiger partial charge is 0.251 e. The van der Waals surface area contributed by atoms with Gasteiger partial charge in [-0.3, -0.25) is 4.79 Å². The number of nitrogens with one attached hydrogen (secondary N) is 1. The minimum Gasteiger partial charge on any atom is -0.360 e. The van der Waals surface area contributed by atoms with Crippen LogP contribution in [0.4, 0.5) is 0 Å². The number of aryl methyl sites for hydroxylation is 1. The molecule has 1 aromatic carbocycles. The lowest BCUT2D eigenvalue weighted by Crippen LogP contribution is -2.23. The van der Waals surface area contributed by atoms with Gasteiger partial charge in [0.2, 0.25) is 0 Å². The third-order valence-corrected chi connectivity index (χ3v) is 2.66. The number of thiol groups is 1. The number of hydrogen-bond acceptors (Lipinski definition) is 4. The van der Waals surface area contributed by atoms with E-state index in [2.05, 4.69) is 23.1 Å². The topological polar surface area (TPSA) is 55.1 Å². The quantitative estimate of drug-likeness (QED) is 0.819. The first-order chi connectivity index (χ1) is 8.16. The lowest BCUT2D eigenvalue weighted by atomic mass is 10.1. The van der Waals surface area contributed by atoms with Crippen LogP contribution in [0.3, 0.4) is 0 Å². The summed E-state index contributed by atoms with van der Waals surface area (Å²) in [5.74, 6) is 0.479. The second-order valence-electron chi connectivity index (χ2n) is 3.66. The van der Waals surface area contributed by atoms with Crippen LogP contribution in [-0.2, 0) is 6.54 Å². The molecule has 0 aliphatic carbocycles. The van der Waals surface area contributed by atoms with Crippen molar-refractivity contribution >= 4 is 18.5 Å². The van der Waals surface area contributed by atoms with E-state index in [1.807, 2.05) is 19.1 Å². The molecule has 0 saturated heterocycles. The average Bonchev–Trinajstić information content (AvgIpc) is 2.82. The van der Waals surface area contributed by atoms with Crippen molar-refractivity contribution in [3.63, 3.8) is 0 Å². The molecule has 2 rings (SSSR count). The molecule has 0 aliphatic rings. The Kier molecular flexibility index (Phi) is 3.49. The summed E-state index contributed by atoms with van der Waals surface area (Å²) in [6.07, 6.45) is 1.54. The van der Waals surface area contributed by atoms with Crippen LogP contribution in [0.25, 0.3) is 0 Å². The molecular weight excluding hydrogens is 236 g/mol. The van der Waals surface area contributed by atoms with Crippen molar-refractivity contribution in [1.29, 1.82) is 0 Å². The summed E-state index contributed by atoms with van der Waals surface area (Å²) >= 11 is 4.22. The number of aromatic nitrogens is 1. The minimum absolute atomic E-state index is 0.144. The molecule has 0 atom stereocenters. The van der Waals surface area contributed by atoms with Gasteiger partial charge in [0.15, 0.2) is 5.76 Å². The molecule has 0 fully saturated rings. The van der Waals surface area contributed by atoms with Gasteiger partial charge in [-0.15, -0.1) is 12.6 Å². The number of carbonyl (C=O) groups excluding carboxylic acids is 1. The van der Waals surface area contributed by atoms with Crippen LogP contribution < -0.4 is 5.32 Å². The molecule has 0 radical (unpaired) electrons. The van der Waals surface area contributed by atoms with Crippen molar-refractivity contribution in [2.75, 3.05) is 0 Å². The molecule has 4 nitrogen and oxygen atoms in total. The van der Waals surface area contributed by atoms with Gasteiger partial charge in [-0.25, -0.2) is 0 Å². The first-order valence-corrected chi connectivity index (χ1v) is 5.59. The summed E-state index contributed by atoms with van der Waals surface area (Å²) in [5.41, 5.74) is 1.54. The molecule has 1 aromatic heterocycles. The number of amides is 1. The number of benzene rings is 1. The van der Waals surface area contributed by atoms with E-state index >= 15 is 0 Å². The van der Waals surface area contributed by atoms with Gasteiger partial charge in [-0.1, -0.05) is 11.2 Å². The predicted octanol–water partition coefficient (Wildman–Crippen LogP) is 2.20. The average molecular weight is 248 g/mol. The Bertz CT molecular complexity index is 523. The maximum atomic E-state index is 11.9. The summed E-state index contributed by atoms with van der Waals surface area (Å²) in [6, 6.07) is 7.17. The normalized spacial score (nSPS) is 10.2. The molecule has 0 spiro atoms. The Morgan fingerprint density at radius 1 is 1.47 bits per heavy atom. The number of hydrogen-bond donors (Lipinski definition) is 2. The van der Waals surface area contributed by atoms with Crippen LogP contribution in [-0.4, -0.2) is 11.1 Å². The third kappa shape index (κ3) is 2.88. The van der Waals surface area contributed by atoms with Gasteiger partial charge in [0, 0.05) is 16.5 Å². The molecule has 17 heavy (non-hydrogen) atoms. The Morgan fingerprint density at radius 3 is 3.00 bits per heavy atom. The Morgan fingerprint density at radius 2 is 2.29 bits per heavy atom. The van der Waals surface area contributed by atoms with Gasteiger partial charge in [-0.2, -0.15) is 0 Å². The van der Waals surface area contributed by atoms with E-state index in [1.165, 1.54) is 0 Å². The van der Waals surface area contributed by atoms with Gasteiger partial charge in [0.25, 0.3) is 5.91 Å². The summed E-state index contributed by atoms with van der Waals surface area (Å²) in [4.78, 5) is 12.7. The SMILES string of the molecule is Cc1ccc(S)cc1C(=O)NCc1ccno1. The molecular formula is C12H12N2O2S. The predicted molar refractivity (Wildman–Crippen MR) is 66.1 cm³/mol. The second kappa shape index (κ2) is 5.05.